The van der Waals surface area contributed by atoms with E-state index in [1.807, 2.05) is 24.3 Å². The van der Waals surface area contributed by atoms with Crippen LogP contribution in [0.15, 0.2) is 24.3 Å². The van der Waals surface area contributed by atoms with Gasteiger partial charge in [0.05, 0.1) is 13.0 Å². The van der Waals surface area contributed by atoms with Crippen molar-refractivity contribution in [3.8, 4) is 5.75 Å². The predicted octanol–water partition coefficient (Wildman–Crippen LogP) is 3.93. The maximum absolute atomic E-state index is 12.8. The standard InChI is InChI=1S/C16H22F3NO/c1-21-14-7-5-11(6-8-14)9-15(20)12-3-2-4-13(10-12)16(17,18)19/h5-8,12-13,15H,2-4,9-10,20H2,1H3. The van der Waals surface area contributed by atoms with Crippen molar-refractivity contribution in [3.63, 3.8) is 0 Å². The molecule has 0 spiro atoms. The van der Waals surface area contributed by atoms with Gasteiger partial charge in [-0.2, -0.15) is 13.2 Å². The molecule has 1 aliphatic rings. The Labute approximate surface area is 123 Å². The zero-order chi connectivity index (χ0) is 15.5. The second-order valence-corrected chi connectivity index (χ2v) is 5.88. The summed E-state index contributed by atoms with van der Waals surface area (Å²) in [6.07, 6.45) is -1.65. The summed E-state index contributed by atoms with van der Waals surface area (Å²) in [4.78, 5) is 0. The van der Waals surface area contributed by atoms with Crippen LogP contribution in [0, 0.1) is 11.8 Å². The summed E-state index contributed by atoms with van der Waals surface area (Å²) in [6, 6.07) is 7.32. The van der Waals surface area contributed by atoms with Gasteiger partial charge < -0.3 is 10.5 Å². The van der Waals surface area contributed by atoms with Crippen LogP contribution in [0.3, 0.4) is 0 Å². The number of hydrogen-bond donors (Lipinski definition) is 1. The van der Waals surface area contributed by atoms with E-state index in [2.05, 4.69) is 0 Å². The number of halogens is 3. The maximum Gasteiger partial charge on any atom is 0.391 e. The van der Waals surface area contributed by atoms with E-state index in [4.69, 9.17) is 10.5 Å². The molecular weight excluding hydrogens is 279 g/mol. The van der Waals surface area contributed by atoms with Crippen molar-refractivity contribution in [1.29, 1.82) is 0 Å². The van der Waals surface area contributed by atoms with Gasteiger partial charge in [-0.3, -0.25) is 0 Å². The first-order chi connectivity index (χ1) is 9.90. The van der Waals surface area contributed by atoms with E-state index >= 15 is 0 Å². The first kappa shape index (κ1) is 16.1. The quantitative estimate of drug-likeness (QED) is 0.914. The van der Waals surface area contributed by atoms with Crippen LogP contribution in [0.25, 0.3) is 0 Å². The Balaban J connectivity index is 1.94. The fraction of sp³-hybridized carbons (Fsp3) is 0.625. The molecule has 21 heavy (non-hydrogen) atoms. The molecule has 3 unspecified atom stereocenters. The summed E-state index contributed by atoms with van der Waals surface area (Å²) < 4.78 is 43.6. The number of rotatable bonds is 4. The molecule has 0 aromatic heterocycles. The Morgan fingerprint density at radius 3 is 2.48 bits per heavy atom. The Morgan fingerprint density at radius 1 is 1.24 bits per heavy atom. The van der Waals surface area contributed by atoms with Gasteiger partial charge in [-0.05, 0) is 49.3 Å². The molecule has 1 aromatic carbocycles. The molecule has 5 heteroatoms. The van der Waals surface area contributed by atoms with Gasteiger partial charge in [-0.1, -0.05) is 18.6 Å². The van der Waals surface area contributed by atoms with Gasteiger partial charge in [-0.15, -0.1) is 0 Å². The average molecular weight is 301 g/mol. The first-order valence-corrected chi connectivity index (χ1v) is 7.35. The summed E-state index contributed by atoms with van der Waals surface area (Å²) in [5, 5.41) is 0. The van der Waals surface area contributed by atoms with E-state index in [1.54, 1.807) is 7.11 Å². The fourth-order valence-corrected chi connectivity index (χ4v) is 3.11. The lowest BCUT2D eigenvalue weighted by Gasteiger charge is -2.33. The second kappa shape index (κ2) is 6.69. The van der Waals surface area contributed by atoms with Crippen molar-refractivity contribution in [2.24, 2.45) is 17.6 Å². The zero-order valence-electron chi connectivity index (χ0n) is 12.2. The van der Waals surface area contributed by atoms with Crippen molar-refractivity contribution < 1.29 is 17.9 Å². The Kier molecular flexibility index (Phi) is 5.14. The minimum absolute atomic E-state index is 0.0486. The molecule has 2 nitrogen and oxygen atoms in total. The molecule has 0 radical (unpaired) electrons. The summed E-state index contributed by atoms with van der Waals surface area (Å²) >= 11 is 0. The van der Waals surface area contributed by atoms with Gasteiger partial charge >= 0.3 is 6.18 Å². The minimum Gasteiger partial charge on any atom is -0.497 e. The average Bonchev–Trinajstić information content (AvgIpc) is 2.47. The van der Waals surface area contributed by atoms with Crippen molar-refractivity contribution in [2.45, 2.75) is 44.3 Å². The highest BCUT2D eigenvalue weighted by Crippen LogP contribution is 2.41. The highest BCUT2D eigenvalue weighted by Gasteiger charge is 2.43. The SMILES string of the molecule is COc1ccc(CC(N)C2CCCC(C(F)(F)F)C2)cc1. The minimum atomic E-state index is -4.08. The molecule has 3 atom stereocenters. The van der Waals surface area contributed by atoms with Crippen LogP contribution in [-0.4, -0.2) is 19.3 Å². The van der Waals surface area contributed by atoms with E-state index < -0.39 is 12.1 Å². The number of benzene rings is 1. The molecule has 1 aliphatic carbocycles. The van der Waals surface area contributed by atoms with Gasteiger partial charge in [0.2, 0.25) is 0 Å². The van der Waals surface area contributed by atoms with Crippen LogP contribution in [0.4, 0.5) is 13.2 Å². The predicted molar refractivity (Wildman–Crippen MR) is 76.2 cm³/mol. The fourth-order valence-electron chi connectivity index (χ4n) is 3.11. The third-order valence-electron chi connectivity index (χ3n) is 4.41. The molecular formula is C16H22F3NO. The first-order valence-electron chi connectivity index (χ1n) is 7.35. The molecule has 1 aromatic rings. The smallest absolute Gasteiger partial charge is 0.391 e. The van der Waals surface area contributed by atoms with Gasteiger partial charge in [0.1, 0.15) is 5.75 Å². The van der Waals surface area contributed by atoms with Gasteiger partial charge in [0, 0.05) is 6.04 Å². The summed E-state index contributed by atoms with van der Waals surface area (Å²) in [5.74, 6) is -0.465. The van der Waals surface area contributed by atoms with Gasteiger partial charge in [0.15, 0.2) is 0 Å². The normalized spacial score (nSPS) is 24.6. The van der Waals surface area contributed by atoms with E-state index in [0.717, 1.165) is 17.7 Å². The lowest BCUT2D eigenvalue weighted by molar-refractivity contribution is -0.186. The third-order valence-corrected chi connectivity index (χ3v) is 4.41. The number of ether oxygens (including phenoxy) is 1. The molecule has 118 valence electrons. The Morgan fingerprint density at radius 2 is 1.90 bits per heavy atom. The van der Waals surface area contributed by atoms with Gasteiger partial charge in [-0.25, -0.2) is 0 Å². The van der Waals surface area contributed by atoms with Gasteiger partial charge in [0.25, 0.3) is 0 Å². The Bertz CT molecular complexity index is 444. The van der Waals surface area contributed by atoms with Crippen LogP contribution in [0.1, 0.15) is 31.2 Å². The highest BCUT2D eigenvalue weighted by atomic mass is 19.4. The number of hydrogen-bond acceptors (Lipinski definition) is 2. The molecule has 0 heterocycles. The van der Waals surface area contributed by atoms with Crippen molar-refractivity contribution in [1.82, 2.24) is 0 Å². The topological polar surface area (TPSA) is 35.2 Å². The Hall–Kier alpha value is -1.23. The maximum atomic E-state index is 12.8. The van der Waals surface area contributed by atoms with Crippen molar-refractivity contribution in [3.05, 3.63) is 29.8 Å². The molecule has 1 saturated carbocycles. The summed E-state index contributed by atoms with van der Waals surface area (Å²) in [5.41, 5.74) is 7.20. The van der Waals surface area contributed by atoms with E-state index in [0.29, 0.717) is 12.8 Å². The molecule has 0 aliphatic heterocycles. The van der Waals surface area contributed by atoms with Crippen molar-refractivity contribution >= 4 is 0 Å². The lowest BCUT2D eigenvalue weighted by Crippen LogP contribution is -2.38. The van der Waals surface area contributed by atoms with E-state index in [9.17, 15) is 13.2 Å². The van der Waals surface area contributed by atoms with Crippen LogP contribution in [-0.2, 0) is 6.42 Å². The molecule has 0 saturated heterocycles. The number of alkyl halides is 3. The molecule has 1 fully saturated rings. The highest BCUT2D eigenvalue weighted by molar-refractivity contribution is 5.27. The zero-order valence-corrected chi connectivity index (χ0v) is 12.2. The van der Waals surface area contributed by atoms with E-state index in [1.165, 1.54) is 0 Å². The number of nitrogens with two attached hydrogens (primary N) is 1. The summed E-state index contributed by atoms with van der Waals surface area (Å²) in [7, 11) is 1.60. The van der Waals surface area contributed by atoms with Crippen LogP contribution in [0.2, 0.25) is 0 Å². The summed E-state index contributed by atoms with van der Waals surface area (Å²) in [6.45, 7) is 0. The monoisotopic (exact) mass is 301 g/mol. The van der Waals surface area contributed by atoms with Crippen molar-refractivity contribution in [2.75, 3.05) is 7.11 Å². The molecule has 0 bridgehead atoms. The van der Waals surface area contributed by atoms with Crippen LogP contribution >= 0.6 is 0 Å². The lowest BCUT2D eigenvalue weighted by atomic mass is 9.76. The van der Waals surface area contributed by atoms with E-state index in [-0.39, 0.29) is 24.8 Å². The molecule has 2 rings (SSSR count). The molecule has 2 N–H and O–H groups in total. The second-order valence-electron chi connectivity index (χ2n) is 5.88. The molecule has 0 amide bonds. The number of methoxy groups -OCH3 is 1. The van der Waals surface area contributed by atoms with Crippen LogP contribution in [0.5, 0.6) is 5.75 Å². The van der Waals surface area contributed by atoms with Crippen LogP contribution < -0.4 is 10.5 Å². The third kappa shape index (κ3) is 4.37. The largest absolute Gasteiger partial charge is 0.497 e.